The molecular formula is C27H38O4. The molecule has 6 atom stereocenters. The fraction of sp³-hybridized carbons (Fsp3) is 0.593. The van der Waals surface area contributed by atoms with Crippen LogP contribution in [0.4, 0.5) is 0 Å². The summed E-state index contributed by atoms with van der Waals surface area (Å²) >= 11 is 0. The van der Waals surface area contributed by atoms with Gasteiger partial charge >= 0.3 is 5.97 Å². The molecule has 1 saturated carbocycles. The molecular weight excluding hydrogens is 388 g/mol. The molecule has 1 aromatic carbocycles. The lowest BCUT2D eigenvalue weighted by atomic mass is 9.88. The minimum absolute atomic E-state index is 0.0979. The normalized spacial score (nSPS) is 27.2. The second-order valence-electron chi connectivity index (χ2n) is 9.54. The number of ether oxygens (including phenoxy) is 1. The molecule has 0 heterocycles. The number of hydrogen-bond donors (Lipinski definition) is 2. The molecule has 2 N–H and O–H groups in total. The molecule has 0 radical (unpaired) electrons. The molecule has 4 nitrogen and oxygen atoms in total. The summed E-state index contributed by atoms with van der Waals surface area (Å²) in [6.45, 7) is 4.40. The Morgan fingerprint density at radius 2 is 2.16 bits per heavy atom. The Balaban J connectivity index is 1.57. The highest BCUT2D eigenvalue weighted by molar-refractivity contribution is 5.89. The number of allylic oxidation sites excluding steroid dienone is 2. The summed E-state index contributed by atoms with van der Waals surface area (Å²) in [4.78, 5) is 11.8. The second kappa shape index (κ2) is 11.1. The van der Waals surface area contributed by atoms with E-state index in [2.05, 4.69) is 26.0 Å². The highest BCUT2D eigenvalue weighted by atomic mass is 16.5. The van der Waals surface area contributed by atoms with Crippen molar-refractivity contribution in [3.05, 3.63) is 59.2 Å². The molecule has 0 aliphatic heterocycles. The van der Waals surface area contributed by atoms with Crippen molar-refractivity contribution < 1.29 is 19.7 Å². The fourth-order valence-electron chi connectivity index (χ4n) is 5.34. The van der Waals surface area contributed by atoms with Gasteiger partial charge < -0.3 is 14.9 Å². The number of fused-ring (bicyclic) bond motifs is 1. The van der Waals surface area contributed by atoms with E-state index in [0.29, 0.717) is 23.3 Å². The molecule has 170 valence electrons. The Bertz CT molecular complexity index is 796. The van der Waals surface area contributed by atoms with Gasteiger partial charge in [0.1, 0.15) is 0 Å². The van der Waals surface area contributed by atoms with E-state index in [-0.39, 0.29) is 18.0 Å². The van der Waals surface area contributed by atoms with Crippen molar-refractivity contribution in [2.24, 2.45) is 23.7 Å². The van der Waals surface area contributed by atoms with Crippen LogP contribution in [-0.2, 0) is 11.2 Å². The first-order valence-electron chi connectivity index (χ1n) is 11.8. The van der Waals surface area contributed by atoms with Gasteiger partial charge in [-0.25, -0.2) is 4.79 Å². The van der Waals surface area contributed by atoms with Crippen LogP contribution in [0, 0.1) is 23.7 Å². The SMILES string of the molecule is CCCC[C@H](C)C[C@H](O)/C=C/[C@@H]1[C@H]2CC(Cc3cccc(C(=O)OC)c3)=C[C@H]2C[C@H]1O. The number of rotatable bonds is 10. The smallest absolute Gasteiger partial charge is 0.337 e. The number of benzene rings is 1. The number of hydrogen-bond acceptors (Lipinski definition) is 4. The summed E-state index contributed by atoms with van der Waals surface area (Å²) in [5, 5.41) is 21.0. The molecule has 0 unspecified atom stereocenters. The van der Waals surface area contributed by atoms with Gasteiger partial charge in [-0.3, -0.25) is 0 Å². The van der Waals surface area contributed by atoms with E-state index in [4.69, 9.17) is 4.74 Å². The van der Waals surface area contributed by atoms with Gasteiger partial charge in [-0.2, -0.15) is 0 Å². The molecule has 2 aliphatic carbocycles. The van der Waals surface area contributed by atoms with Gasteiger partial charge in [0.05, 0.1) is 24.9 Å². The van der Waals surface area contributed by atoms with E-state index in [1.54, 1.807) is 6.07 Å². The van der Waals surface area contributed by atoms with Crippen LogP contribution in [0.2, 0.25) is 0 Å². The number of carbonyl (C=O) groups excluding carboxylic acids is 1. The van der Waals surface area contributed by atoms with E-state index in [1.165, 1.54) is 25.5 Å². The number of aliphatic hydroxyl groups excluding tert-OH is 2. The molecule has 0 saturated heterocycles. The monoisotopic (exact) mass is 426 g/mol. The van der Waals surface area contributed by atoms with Gasteiger partial charge in [0, 0.05) is 5.92 Å². The van der Waals surface area contributed by atoms with Gasteiger partial charge in [0.15, 0.2) is 0 Å². The van der Waals surface area contributed by atoms with E-state index >= 15 is 0 Å². The van der Waals surface area contributed by atoms with E-state index in [0.717, 1.165) is 37.7 Å². The first kappa shape index (κ1) is 23.7. The van der Waals surface area contributed by atoms with E-state index < -0.39 is 6.10 Å². The lowest BCUT2D eigenvalue weighted by Gasteiger charge is -2.19. The quantitative estimate of drug-likeness (QED) is 0.404. The maximum Gasteiger partial charge on any atom is 0.337 e. The van der Waals surface area contributed by atoms with Crippen LogP contribution in [0.3, 0.4) is 0 Å². The maximum atomic E-state index is 11.8. The van der Waals surface area contributed by atoms with Gasteiger partial charge in [-0.1, -0.05) is 69.0 Å². The van der Waals surface area contributed by atoms with Crippen molar-refractivity contribution in [2.45, 2.75) is 71.0 Å². The average Bonchev–Trinajstić information content (AvgIpc) is 3.26. The predicted molar refractivity (Wildman–Crippen MR) is 124 cm³/mol. The summed E-state index contributed by atoms with van der Waals surface area (Å²) < 4.78 is 4.83. The van der Waals surface area contributed by atoms with E-state index in [1.807, 2.05) is 24.3 Å². The van der Waals surface area contributed by atoms with Crippen molar-refractivity contribution in [1.82, 2.24) is 0 Å². The summed E-state index contributed by atoms with van der Waals surface area (Å²) in [6.07, 6.45) is 12.4. The minimum Gasteiger partial charge on any atom is -0.465 e. The summed E-state index contributed by atoms with van der Waals surface area (Å²) in [7, 11) is 1.40. The van der Waals surface area contributed by atoms with Gasteiger partial charge in [0.25, 0.3) is 0 Å². The maximum absolute atomic E-state index is 11.8. The second-order valence-corrected chi connectivity index (χ2v) is 9.54. The molecule has 1 fully saturated rings. The van der Waals surface area contributed by atoms with Crippen LogP contribution < -0.4 is 0 Å². The summed E-state index contributed by atoms with van der Waals surface area (Å²) in [5.41, 5.74) is 3.06. The number of aliphatic hydroxyl groups is 2. The van der Waals surface area contributed by atoms with Crippen molar-refractivity contribution >= 4 is 5.97 Å². The molecule has 3 rings (SSSR count). The number of carbonyl (C=O) groups is 1. The summed E-state index contributed by atoms with van der Waals surface area (Å²) in [6, 6.07) is 7.63. The highest BCUT2D eigenvalue weighted by Gasteiger charge is 2.43. The number of methoxy groups -OCH3 is 1. The van der Waals surface area contributed by atoms with Crippen molar-refractivity contribution in [1.29, 1.82) is 0 Å². The third kappa shape index (κ3) is 6.30. The predicted octanol–water partition coefficient (Wildman–Crippen LogP) is 5.09. The van der Waals surface area contributed by atoms with Crippen LogP contribution in [0.25, 0.3) is 0 Å². The Morgan fingerprint density at radius 1 is 1.35 bits per heavy atom. The highest BCUT2D eigenvalue weighted by Crippen LogP contribution is 2.48. The lowest BCUT2D eigenvalue weighted by molar-refractivity contribution is 0.0600. The van der Waals surface area contributed by atoms with Gasteiger partial charge in [-0.05, 0) is 61.1 Å². The zero-order valence-electron chi connectivity index (χ0n) is 19.2. The third-order valence-electron chi connectivity index (χ3n) is 6.98. The average molecular weight is 427 g/mol. The van der Waals surface area contributed by atoms with Crippen LogP contribution in [0.5, 0.6) is 0 Å². The van der Waals surface area contributed by atoms with Crippen LogP contribution in [-0.4, -0.2) is 35.5 Å². The number of esters is 1. The first-order chi connectivity index (χ1) is 14.9. The van der Waals surface area contributed by atoms with Crippen LogP contribution in [0.15, 0.2) is 48.1 Å². The Morgan fingerprint density at radius 3 is 2.90 bits per heavy atom. The topological polar surface area (TPSA) is 66.8 Å². The number of unbranched alkanes of at least 4 members (excludes halogenated alkanes) is 1. The first-order valence-corrected chi connectivity index (χ1v) is 11.8. The van der Waals surface area contributed by atoms with Crippen molar-refractivity contribution in [3.63, 3.8) is 0 Å². The molecule has 4 heteroatoms. The Labute approximate surface area is 187 Å². The molecule has 31 heavy (non-hydrogen) atoms. The Kier molecular flexibility index (Phi) is 8.50. The third-order valence-corrected chi connectivity index (χ3v) is 6.98. The zero-order chi connectivity index (χ0) is 22.4. The molecule has 1 aromatic rings. The van der Waals surface area contributed by atoms with Crippen LogP contribution in [0.1, 0.15) is 68.3 Å². The fourth-order valence-corrected chi connectivity index (χ4v) is 5.34. The standard InChI is InChI=1S/C27H38O4/c1-4-5-7-18(2)12-23(28)10-11-24-25-16-20(15-22(25)17-26(24)29)13-19-8-6-9-21(14-19)27(30)31-3/h6,8-11,14-15,18,22-26,28-29H,4-5,7,12-13,16-17H2,1-3H3/b11-10+/t18-,22-,23+,24+,25-,26+/m0/s1. The summed E-state index contributed by atoms with van der Waals surface area (Å²) in [5.74, 6) is 1.09. The minimum atomic E-state index is -0.437. The molecule has 2 aliphatic rings. The largest absolute Gasteiger partial charge is 0.465 e. The van der Waals surface area contributed by atoms with Crippen molar-refractivity contribution in [3.8, 4) is 0 Å². The van der Waals surface area contributed by atoms with Gasteiger partial charge in [0.2, 0.25) is 0 Å². The van der Waals surface area contributed by atoms with Gasteiger partial charge in [-0.15, -0.1) is 0 Å². The Hall–Kier alpha value is -1.91. The lowest BCUT2D eigenvalue weighted by Crippen LogP contribution is -2.18. The van der Waals surface area contributed by atoms with E-state index in [9.17, 15) is 15.0 Å². The van der Waals surface area contributed by atoms with Crippen LogP contribution >= 0.6 is 0 Å². The molecule has 0 amide bonds. The molecule has 0 bridgehead atoms. The van der Waals surface area contributed by atoms with Crippen molar-refractivity contribution in [2.75, 3.05) is 7.11 Å². The molecule has 0 spiro atoms. The molecule has 0 aromatic heterocycles. The zero-order valence-corrected chi connectivity index (χ0v) is 19.2.